The van der Waals surface area contributed by atoms with Crippen molar-refractivity contribution in [3.05, 3.63) is 33.9 Å². The molecule has 0 bridgehead atoms. The number of benzene rings is 1. The third kappa shape index (κ3) is 3.24. The largest absolute Gasteiger partial charge is 0.287 e. The van der Waals surface area contributed by atoms with Gasteiger partial charge in [0.05, 0.1) is 4.92 Å². The van der Waals surface area contributed by atoms with Crippen LogP contribution in [0.25, 0.3) is 0 Å². The molecule has 4 nitrogen and oxygen atoms in total. The van der Waals surface area contributed by atoms with E-state index >= 15 is 0 Å². The summed E-state index contributed by atoms with van der Waals surface area (Å²) >= 11 is 1.58. The summed E-state index contributed by atoms with van der Waals surface area (Å²) in [6.07, 6.45) is 0. The Labute approximate surface area is 98.4 Å². The molecule has 1 rings (SSSR count). The summed E-state index contributed by atoms with van der Waals surface area (Å²) in [7, 11) is 0. The number of nitrogens with zero attached hydrogens (tertiary/aromatic N) is 2. The smallest absolute Gasteiger partial charge is 0.258 e. The molecule has 1 aromatic rings. The Morgan fingerprint density at radius 1 is 1.44 bits per heavy atom. The van der Waals surface area contributed by atoms with Crippen molar-refractivity contribution in [3.63, 3.8) is 0 Å². The minimum atomic E-state index is -0.538. The number of nitro benzene ring substituents is 1. The van der Waals surface area contributed by atoms with Gasteiger partial charge >= 0.3 is 0 Å². The second kappa shape index (κ2) is 4.54. The second-order valence-electron chi connectivity index (χ2n) is 4.26. The van der Waals surface area contributed by atoms with Crippen molar-refractivity contribution in [2.75, 3.05) is 0 Å². The van der Waals surface area contributed by atoms with E-state index in [1.54, 1.807) is 23.9 Å². The molecule has 0 heterocycles. The van der Waals surface area contributed by atoms with Crippen LogP contribution >= 0.6 is 11.8 Å². The van der Waals surface area contributed by atoms with Crippen LogP contribution in [-0.4, -0.2) is 9.67 Å². The van der Waals surface area contributed by atoms with Crippen molar-refractivity contribution in [2.45, 2.75) is 30.4 Å². The molecule has 0 radical (unpaired) electrons. The highest BCUT2D eigenvalue weighted by atomic mass is 32.2. The SMILES string of the molecule is CC(C)(C)Sc1ccc([N+](=O)[O-])c(C#N)c1. The molecule has 0 aliphatic rings. The van der Waals surface area contributed by atoms with Gasteiger partial charge in [0.1, 0.15) is 11.6 Å². The topological polar surface area (TPSA) is 66.9 Å². The summed E-state index contributed by atoms with van der Waals surface area (Å²) in [5.74, 6) is 0. The van der Waals surface area contributed by atoms with E-state index in [-0.39, 0.29) is 16.0 Å². The molecular weight excluding hydrogens is 224 g/mol. The average Bonchev–Trinajstić information content (AvgIpc) is 2.14. The molecule has 0 aromatic heterocycles. The maximum atomic E-state index is 10.6. The average molecular weight is 236 g/mol. The lowest BCUT2D eigenvalue weighted by molar-refractivity contribution is -0.385. The normalized spacial score (nSPS) is 10.9. The monoisotopic (exact) mass is 236 g/mol. The Morgan fingerprint density at radius 3 is 2.50 bits per heavy atom. The molecule has 0 atom stereocenters. The van der Waals surface area contributed by atoms with E-state index < -0.39 is 4.92 Å². The lowest BCUT2D eigenvalue weighted by Gasteiger charge is -2.17. The predicted octanol–water partition coefficient (Wildman–Crippen LogP) is 3.36. The molecule has 0 aliphatic heterocycles. The summed E-state index contributed by atoms with van der Waals surface area (Å²) in [5.41, 5.74) is -0.0278. The molecule has 0 aliphatic carbocycles. The fraction of sp³-hybridized carbons (Fsp3) is 0.364. The highest BCUT2D eigenvalue weighted by Crippen LogP contribution is 2.34. The van der Waals surface area contributed by atoms with Gasteiger partial charge in [0.2, 0.25) is 0 Å². The van der Waals surface area contributed by atoms with Crippen molar-refractivity contribution < 1.29 is 4.92 Å². The van der Waals surface area contributed by atoms with Gasteiger partial charge in [0.25, 0.3) is 5.69 Å². The van der Waals surface area contributed by atoms with E-state index in [1.165, 1.54) is 6.07 Å². The van der Waals surface area contributed by atoms with Crippen LogP contribution < -0.4 is 0 Å². The van der Waals surface area contributed by atoms with Gasteiger partial charge in [0.15, 0.2) is 0 Å². The number of thioether (sulfide) groups is 1. The van der Waals surface area contributed by atoms with Crippen molar-refractivity contribution in [1.29, 1.82) is 5.26 Å². The second-order valence-corrected chi connectivity index (χ2v) is 6.16. The Morgan fingerprint density at radius 2 is 2.06 bits per heavy atom. The third-order valence-corrected chi connectivity index (χ3v) is 2.81. The van der Waals surface area contributed by atoms with Gasteiger partial charge in [-0.05, 0) is 12.1 Å². The lowest BCUT2D eigenvalue weighted by atomic mass is 10.2. The maximum absolute atomic E-state index is 10.6. The molecule has 0 spiro atoms. The van der Waals surface area contributed by atoms with E-state index in [1.807, 2.05) is 26.8 Å². The zero-order chi connectivity index (χ0) is 12.3. The van der Waals surface area contributed by atoms with Crippen LogP contribution in [0.1, 0.15) is 26.3 Å². The first-order valence-corrected chi connectivity index (χ1v) is 5.53. The standard InChI is InChI=1S/C11H12N2O2S/c1-11(2,3)16-9-4-5-10(13(14)15)8(6-9)7-12/h4-6H,1-3H3. The van der Waals surface area contributed by atoms with Gasteiger partial charge in [-0.1, -0.05) is 20.8 Å². The van der Waals surface area contributed by atoms with Crippen molar-refractivity contribution >= 4 is 17.4 Å². The van der Waals surface area contributed by atoms with Crippen molar-refractivity contribution in [1.82, 2.24) is 0 Å². The Hall–Kier alpha value is -1.54. The molecule has 0 fully saturated rings. The van der Waals surface area contributed by atoms with E-state index in [0.29, 0.717) is 0 Å². The summed E-state index contributed by atoms with van der Waals surface area (Å²) in [6, 6.07) is 6.47. The molecular formula is C11H12N2O2S. The molecule has 16 heavy (non-hydrogen) atoms. The number of rotatable bonds is 2. The minimum absolute atomic E-state index is 0.0167. The van der Waals surface area contributed by atoms with Crippen LogP contribution in [0.2, 0.25) is 0 Å². The first-order valence-electron chi connectivity index (χ1n) is 4.71. The predicted molar refractivity (Wildman–Crippen MR) is 63.4 cm³/mol. The van der Waals surface area contributed by atoms with Crippen LogP contribution in [0.4, 0.5) is 5.69 Å². The van der Waals surface area contributed by atoms with E-state index in [2.05, 4.69) is 0 Å². The van der Waals surface area contributed by atoms with Gasteiger partial charge in [0, 0.05) is 15.7 Å². The van der Waals surface area contributed by atoms with Gasteiger partial charge in [-0.2, -0.15) is 5.26 Å². The zero-order valence-electron chi connectivity index (χ0n) is 9.35. The van der Waals surface area contributed by atoms with Crippen molar-refractivity contribution in [2.24, 2.45) is 0 Å². The van der Waals surface area contributed by atoms with E-state index in [4.69, 9.17) is 5.26 Å². The number of hydrogen-bond donors (Lipinski definition) is 0. The first kappa shape index (κ1) is 12.5. The summed E-state index contributed by atoms with van der Waals surface area (Å²) in [5, 5.41) is 19.5. The fourth-order valence-electron chi connectivity index (χ4n) is 1.18. The molecule has 0 saturated carbocycles. The maximum Gasteiger partial charge on any atom is 0.287 e. The van der Waals surface area contributed by atoms with E-state index in [9.17, 15) is 10.1 Å². The summed E-state index contributed by atoms with van der Waals surface area (Å²) < 4.78 is 0.0167. The van der Waals surface area contributed by atoms with Gasteiger partial charge in [-0.3, -0.25) is 10.1 Å². The summed E-state index contributed by atoms with van der Waals surface area (Å²) in [4.78, 5) is 11.0. The van der Waals surface area contributed by atoms with Gasteiger partial charge < -0.3 is 0 Å². The van der Waals surface area contributed by atoms with Crippen LogP contribution in [0, 0.1) is 21.4 Å². The quantitative estimate of drug-likeness (QED) is 0.448. The molecule has 0 amide bonds. The van der Waals surface area contributed by atoms with Gasteiger partial charge in [-0.25, -0.2) is 0 Å². The van der Waals surface area contributed by atoms with Crippen LogP contribution in [0.5, 0.6) is 0 Å². The van der Waals surface area contributed by atoms with E-state index in [0.717, 1.165) is 4.90 Å². The Balaban J connectivity index is 3.11. The third-order valence-electron chi connectivity index (χ3n) is 1.71. The van der Waals surface area contributed by atoms with Crippen LogP contribution in [0.3, 0.4) is 0 Å². The number of hydrogen-bond acceptors (Lipinski definition) is 4. The Kier molecular flexibility index (Phi) is 3.55. The molecule has 0 N–H and O–H groups in total. The first-order chi connectivity index (χ1) is 7.33. The summed E-state index contributed by atoms with van der Waals surface area (Å²) in [6.45, 7) is 6.14. The molecule has 84 valence electrons. The molecule has 0 unspecified atom stereocenters. The minimum Gasteiger partial charge on any atom is -0.258 e. The van der Waals surface area contributed by atoms with Crippen LogP contribution in [-0.2, 0) is 0 Å². The number of nitro groups is 1. The lowest BCUT2D eigenvalue weighted by Crippen LogP contribution is -2.06. The zero-order valence-corrected chi connectivity index (χ0v) is 10.2. The van der Waals surface area contributed by atoms with Crippen molar-refractivity contribution in [3.8, 4) is 6.07 Å². The van der Waals surface area contributed by atoms with Gasteiger partial charge in [-0.15, -0.1) is 11.8 Å². The highest BCUT2D eigenvalue weighted by molar-refractivity contribution is 8.00. The number of nitriles is 1. The molecule has 0 saturated heterocycles. The highest BCUT2D eigenvalue weighted by Gasteiger charge is 2.17. The Bertz CT molecular complexity index is 458. The molecule has 1 aromatic carbocycles. The molecule has 5 heteroatoms. The van der Waals surface area contributed by atoms with Crippen LogP contribution in [0.15, 0.2) is 23.1 Å². The fourth-order valence-corrected chi connectivity index (χ4v) is 2.20.